The predicted molar refractivity (Wildman–Crippen MR) is 110 cm³/mol. The van der Waals surface area contributed by atoms with Crippen LogP contribution in [-0.2, 0) is 17.6 Å². The molecule has 2 N–H and O–H groups in total. The largest absolute Gasteiger partial charge is 0.355 e. The van der Waals surface area contributed by atoms with Gasteiger partial charge in [-0.1, -0.05) is 30.3 Å². The molecule has 1 aliphatic rings. The number of para-hydroxylation sites is 2. The monoisotopic (exact) mass is 390 g/mol. The van der Waals surface area contributed by atoms with Crippen LogP contribution in [0, 0.1) is 21.4 Å². The van der Waals surface area contributed by atoms with Crippen LogP contribution in [0.25, 0.3) is 0 Å². The molecule has 0 spiro atoms. The van der Waals surface area contributed by atoms with E-state index in [1.807, 2.05) is 19.1 Å². The van der Waals surface area contributed by atoms with Gasteiger partial charge < -0.3 is 10.6 Å². The van der Waals surface area contributed by atoms with Gasteiger partial charge in [0.25, 0.3) is 11.6 Å². The van der Waals surface area contributed by atoms with Crippen molar-refractivity contribution >= 4 is 17.3 Å². The van der Waals surface area contributed by atoms with Crippen LogP contribution in [0.3, 0.4) is 0 Å². The van der Waals surface area contributed by atoms with Gasteiger partial charge >= 0.3 is 0 Å². The lowest BCUT2D eigenvalue weighted by Crippen LogP contribution is -2.28. The molecule has 0 heterocycles. The summed E-state index contributed by atoms with van der Waals surface area (Å²) < 4.78 is 0. The Bertz CT molecular complexity index is 1010. The number of nitrogens with zero attached hydrogens (tertiary/aromatic N) is 2. The lowest BCUT2D eigenvalue weighted by Gasteiger charge is -2.20. The van der Waals surface area contributed by atoms with E-state index < -0.39 is 10.8 Å². The maximum atomic E-state index is 12.5. The third kappa shape index (κ3) is 4.79. The normalized spacial score (nSPS) is 14.3. The average molecular weight is 390 g/mol. The summed E-state index contributed by atoms with van der Waals surface area (Å²) in [6.45, 7) is 1.87. The Labute approximate surface area is 169 Å². The fraction of sp³-hybridized carbons (Fsp3) is 0.273. The van der Waals surface area contributed by atoms with Crippen LogP contribution in [0.4, 0.5) is 11.4 Å². The van der Waals surface area contributed by atoms with Crippen molar-refractivity contribution in [3.63, 3.8) is 0 Å². The highest BCUT2D eigenvalue weighted by atomic mass is 16.6. The summed E-state index contributed by atoms with van der Waals surface area (Å²) in [5, 5.41) is 25.9. The van der Waals surface area contributed by atoms with E-state index >= 15 is 0 Å². The first kappa shape index (κ1) is 20.1. The first-order valence-corrected chi connectivity index (χ1v) is 9.52. The van der Waals surface area contributed by atoms with Crippen LogP contribution >= 0.6 is 0 Å². The first-order chi connectivity index (χ1) is 14.0. The fourth-order valence-electron chi connectivity index (χ4n) is 3.43. The Morgan fingerprint density at radius 3 is 2.66 bits per heavy atom. The third-order valence-corrected chi connectivity index (χ3v) is 5.06. The molecule has 2 aromatic carbocycles. The maximum Gasteiger partial charge on any atom is 0.292 e. The van der Waals surface area contributed by atoms with Gasteiger partial charge in [-0.15, -0.1) is 0 Å². The van der Waals surface area contributed by atoms with E-state index in [4.69, 9.17) is 0 Å². The summed E-state index contributed by atoms with van der Waals surface area (Å²) >= 11 is 0. The van der Waals surface area contributed by atoms with Crippen molar-refractivity contribution in [1.82, 2.24) is 5.32 Å². The maximum absolute atomic E-state index is 12.5. The number of anilines is 1. The Balaban J connectivity index is 1.71. The molecule has 3 rings (SSSR count). The van der Waals surface area contributed by atoms with Crippen molar-refractivity contribution in [2.45, 2.75) is 38.6 Å². The summed E-state index contributed by atoms with van der Waals surface area (Å²) in [6, 6.07) is 13.9. The Morgan fingerprint density at radius 2 is 1.93 bits per heavy atom. The van der Waals surface area contributed by atoms with Gasteiger partial charge in [-0.3, -0.25) is 14.9 Å². The average Bonchev–Trinajstić information content (AvgIpc) is 2.74. The van der Waals surface area contributed by atoms with Crippen LogP contribution in [0.15, 0.2) is 54.2 Å². The lowest BCUT2D eigenvalue weighted by atomic mass is 9.89. The Kier molecular flexibility index (Phi) is 6.25. The SMILES string of the molecule is CC(NC(=O)/C(C#N)=C\Nc1ccccc1[N+](=O)[O-])c1ccc2c(c1)CCCC2. The summed E-state index contributed by atoms with van der Waals surface area (Å²) in [7, 11) is 0. The lowest BCUT2D eigenvalue weighted by molar-refractivity contribution is -0.383. The third-order valence-electron chi connectivity index (χ3n) is 5.06. The molecule has 0 fully saturated rings. The molecular formula is C22H22N4O3. The number of rotatable bonds is 6. The molecule has 7 heteroatoms. The number of nitriles is 1. The highest BCUT2D eigenvalue weighted by Crippen LogP contribution is 2.25. The molecule has 0 aromatic heterocycles. The van der Waals surface area contributed by atoms with E-state index in [0.717, 1.165) is 18.4 Å². The highest BCUT2D eigenvalue weighted by molar-refractivity contribution is 5.97. The van der Waals surface area contributed by atoms with Gasteiger partial charge in [0.1, 0.15) is 17.3 Å². The predicted octanol–water partition coefficient (Wildman–Crippen LogP) is 4.17. The molecule has 0 aliphatic heterocycles. The number of amides is 1. The molecule has 0 saturated heterocycles. The zero-order valence-electron chi connectivity index (χ0n) is 16.1. The van der Waals surface area contributed by atoms with E-state index in [2.05, 4.69) is 22.8 Å². The minimum atomic E-state index is -0.538. The second kappa shape index (κ2) is 9.02. The number of fused-ring (bicyclic) bond motifs is 1. The number of benzene rings is 2. The van der Waals surface area contributed by atoms with E-state index in [9.17, 15) is 20.2 Å². The van der Waals surface area contributed by atoms with E-state index in [-0.39, 0.29) is 23.0 Å². The molecule has 1 unspecified atom stereocenters. The number of carbonyl (C=O) groups excluding carboxylic acids is 1. The molecule has 0 bridgehead atoms. The first-order valence-electron chi connectivity index (χ1n) is 9.52. The molecule has 29 heavy (non-hydrogen) atoms. The van der Waals surface area contributed by atoms with Crippen LogP contribution < -0.4 is 10.6 Å². The molecule has 0 saturated carbocycles. The number of nitrogens with one attached hydrogen (secondary N) is 2. The molecule has 1 atom stereocenters. The van der Waals surface area contributed by atoms with E-state index in [1.54, 1.807) is 12.1 Å². The number of aryl methyl sites for hydroxylation is 2. The van der Waals surface area contributed by atoms with Crippen molar-refractivity contribution < 1.29 is 9.72 Å². The number of nitro groups is 1. The van der Waals surface area contributed by atoms with Gasteiger partial charge in [-0.25, -0.2) is 0 Å². The number of carbonyl (C=O) groups is 1. The van der Waals surface area contributed by atoms with Crippen LogP contribution in [-0.4, -0.2) is 10.8 Å². The summed E-state index contributed by atoms with van der Waals surface area (Å²) in [6.07, 6.45) is 5.72. The van der Waals surface area contributed by atoms with Crippen LogP contribution in [0.5, 0.6) is 0 Å². The minimum Gasteiger partial charge on any atom is -0.355 e. The van der Waals surface area contributed by atoms with Gasteiger partial charge in [0.15, 0.2) is 0 Å². The van der Waals surface area contributed by atoms with Gasteiger partial charge in [0.2, 0.25) is 0 Å². The number of nitro benzene ring substituents is 1. The molecular weight excluding hydrogens is 368 g/mol. The summed E-state index contributed by atoms with van der Waals surface area (Å²) in [5.41, 5.74) is 3.59. The van der Waals surface area contributed by atoms with Gasteiger partial charge in [0.05, 0.1) is 11.0 Å². The molecule has 0 radical (unpaired) electrons. The quantitative estimate of drug-likeness (QED) is 0.333. The number of hydrogen-bond acceptors (Lipinski definition) is 5. The molecule has 2 aromatic rings. The van der Waals surface area contributed by atoms with Crippen molar-refractivity contribution in [3.05, 3.63) is 81.0 Å². The summed E-state index contributed by atoms with van der Waals surface area (Å²) in [5.74, 6) is -0.538. The van der Waals surface area contributed by atoms with Crippen molar-refractivity contribution in [2.75, 3.05) is 5.32 Å². The topological polar surface area (TPSA) is 108 Å². The van der Waals surface area contributed by atoms with Crippen LogP contribution in [0.2, 0.25) is 0 Å². The van der Waals surface area contributed by atoms with Crippen molar-refractivity contribution in [1.29, 1.82) is 5.26 Å². The summed E-state index contributed by atoms with van der Waals surface area (Å²) in [4.78, 5) is 23.1. The van der Waals surface area contributed by atoms with Crippen LogP contribution in [0.1, 0.15) is 42.5 Å². The van der Waals surface area contributed by atoms with Crippen molar-refractivity contribution in [2.24, 2.45) is 0 Å². The van der Waals surface area contributed by atoms with E-state index in [1.165, 1.54) is 42.3 Å². The number of hydrogen-bond donors (Lipinski definition) is 2. The zero-order valence-corrected chi connectivity index (χ0v) is 16.1. The second-order valence-corrected chi connectivity index (χ2v) is 7.02. The van der Waals surface area contributed by atoms with Gasteiger partial charge in [-0.05, 0) is 55.4 Å². The molecule has 7 nitrogen and oxygen atoms in total. The Hall–Kier alpha value is -3.66. The fourth-order valence-corrected chi connectivity index (χ4v) is 3.43. The molecule has 1 amide bonds. The highest BCUT2D eigenvalue weighted by Gasteiger charge is 2.17. The second-order valence-electron chi connectivity index (χ2n) is 7.02. The molecule has 148 valence electrons. The van der Waals surface area contributed by atoms with E-state index in [0.29, 0.717) is 0 Å². The zero-order chi connectivity index (χ0) is 20.8. The Morgan fingerprint density at radius 1 is 1.21 bits per heavy atom. The standard InChI is InChI=1S/C22H22N4O3/c1-15(17-11-10-16-6-2-3-7-18(16)12-17)25-22(27)19(13-23)14-24-20-8-4-5-9-21(20)26(28)29/h4-5,8-12,14-15,24H,2-3,6-7H2,1H3,(H,25,27)/b19-14-. The smallest absolute Gasteiger partial charge is 0.292 e. The van der Waals surface area contributed by atoms with Gasteiger partial charge in [0, 0.05) is 12.3 Å². The van der Waals surface area contributed by atoms with Crippen molar-refractivity contribution in [3.8, 4) is 6.07 Å². The molecule has 1 aliphatic carbocycles. The minimum absolute atomic E-state index is 0.135. The van der Waals surface area contributed by atoms with Gasteiger partial charge in [-0.2, -0.15) is 5.26 Å².